The van der Waals surface area contributed by atoms with Gasteiger partial charge in [0.05, 0.1) is 18.4 Å². The van der Waals surface area contributed by atoms with Crippen LogP contribution in [0.5, 0.6) is 5.75 Å². The Balaban J connectivity index is 1.55. The Labute approximate surface area is 161 Å². The predicted octanol–water partition coefficient (Wildman–Crippen LogP) is 2.96. The average Bonchev–Trinajstić information content (AvgIpc) is 3.21. The summed E-state index contributed by atoms with van der Waals surface area (Å²) in [6, 6.07) is 5.71. The van der Waals surface area contributed by atoms with Crippen molar-refractivity contribution in [3.8, 4) is 11.4 Å². The first kappa shape index (κ1) is 17.8. The molecule has 142 valence electrons. The molecule has 1 aliphatic heterocycles. The molecule has 3 heterocycles. The highest BCUT2D eigenvalue weighted by molar-refractivity contribution is 6.29. The third-order valence-corrected chi connectivity index (χ3v) is 4.96. The van der Waals surface area contributed by atoms with Crippen LogP contribution in [0.4, 0.5) is 11.6 Å². The number of imidazole rings is 1. The Morgan fingerprint density at radius 2 is 2.19 bits per heavy atom. The lowest BCUT2D eigenvalue weighted by atomic mass is 9.97. The standard InChI is InChI=1S/C18H21ClN6O2/c1-18(26)6-5-16-22-17(23-25(16)8-7-18)21-12-3-4-13(14(9-12)27-2)24-10-15(19)20-11-24/h3-4,9-11,26H,5-8H2,1-2H3,(H,21,23)/t18-/m1/s1. The van der Waals surface area contributed by atoms with Gasteiger partial charge in [-0.3, -0.25) is 0 Å². The Morgan fingerprint density at radius 1 is 1.33 bits per heavy atom. The SMILES string of the molecule is COc1cc(Nc2nc3n(n2)CC[C@](C)(O)CC3)ccc1-n1cnc(Cl)c1. The van der Waals surface area contributed by atoms with Crippen LogP contribution in [-0.2, 0) is 13.0 Å². The maximum atomic E-state index is 10.2. The van der Waals surface area contributed by atoms with Gasteiger partial charge in [-0.15, -0.1) is 5.10 Å². The van der Waals surface area contributed by atoms with Crippen LogP contribution in [-0.4, -0.2) is 42.1 Å². The summed E-state index contributed by atoms with van der Waals surface area (Å²) >= 11 is 5.90. The van der Waals surface area contributed by atoms with Crippen LogP contribution >= 0.6 is 11.6 Å². The smallest absolute Gasteiger partial charge is 0.246 e. The van der Waals surface area contributed by atoms with Crippen molar-refractivity contribution in [3.05, 3.63) is 41.7 Å². The van der Waals surface area contributed by atoms with Gasteiger partial charge in [-0.2, -0.15) is 4.98 Å². The van der Waals surface area contributed by atoms with Crippen molar-refractivity contribution in [1.82, 2.24) is 24.3 Å². The molecule has 27 heavy (non-hydrogen) atoms. The maximum Gasteiger partial charge on any atom is 0.246 e. The summed E-state index contributed by atoms with van der Waals surface area (Å²) in [7, 11) is 1.62. The number of hydrogen-bond acceptors (Lipinski definition) is 6. The van der Waals surface area contributed by atoms with E-state index in [9.17, 15) is 5.11 Å². The Hall–Kier alpha value is -2.58. The van der Waals surface area contributed by atoms with Crippen LogP contribution in [0.1, 0.15) is 25.6 Å². The summed E-state index contributed by atoms with van der Waals surface area (Å²) in [6.45, 7) is 2.51. The topological polar surface area (TPSA) is 90.0 Å². The number of nitrogens with one attached hydrogen (secondary N) is 1. The minimum atomic E-state index is -0.657. The summed E-state index contributed by atoms with van der Waals surface area (Å²) in [6.07, 6.45) is 5.40. The molecule has 2 aromatic heterocycles. The third kappa shape index (κ3) is 3.77. The van der Waals surface area contributed by atoms with Crippen LogP contribution < -0.4 is 10.1 Å². The molecule has 1 aliphatic rings. The number of hydrogen-bond donors (Lipinski definition) is 2. The van der Waals surface area contributed by atoms with E-state index in [1.165, 1.54) is 0 Å². The van der Waals surface area contributed by atoms with Gasteiger partial charge in [-0.1, -0.05) is 11.6 Å². The highest BCUT2D eigenvalue weighted by Crippen LogP contribution is 2.29. The molecular weight excluding hydrogens is 368 g/mol. The van der Waals surface area contributed by atoms with E-state index in [0.29, 0.717) is 42.7 Å². The second-order valence-corrected chi connectivity index (χ2v) is 7.32. The third-order valence-electron chi connectivity index (χ3n) is 4.76. The predicted molar refractivity (Wildman–Crippen MR) is 102 cm³/mol. The molecule has 0 spiro atoms. The fourth-order valence-electron chi connectivity index (χ4n) is 3.17. The van der Waals surface area contributed by atoms with E-state index in [0.717, 1.165) is 17.2 Å². The van der Waals surface area contributed by atoms with E-state index >= 15 is 0 Å². The molecule has 8 nitrogen and oxygen atoms in total. The summed E-state index contributed by atoms with van der Waals surface area (Å²) in [5.74, 6) is 2.09. The zero-order valence-electron chi connectivity index (χ0n) is 15.2. The van der Waals surface area contributed by atoms with Gasteiger partial charge in [-0.05, 0) is 31.9 Å². The Bertz CT molecular complexity index is 937. The van der Waals surface area contributed by atoms with Gasteiger partial charge in [-0.25, -0.2) is 9.67 Å². The van der Waals surface area contributed by atoms with Gasteiger partial charge in [0.15, 0.2) is 0 Å². The number of ether oxygens (including phenoxy) is 1. The van der Waals surface area contributed by atoms with Crippen molar-refractivity contribution in [2.75, 3.05) is 12.4 Å². The molecule has 0 aliphatic carbocycles. The van der Waals surface area contributed by atoms with Crippen molar-refractivity contribution >= 4 is 23.2 Å². The molecule has 0 amide bonds. The molecule has 0 bridgehead atoms. The number of aliphatic hydroxyl groups is 1. The first-order chi connectivity index (χ1) is 12.9. The van der Waals surface area contributed by atoms with Gasteiger partial charge in [0.1, 0.15) is 23.1 Å². The second-order valence-electron chi connectivity index (χ2n) is 6.94. The number of methoxy groups -OCH3 is 1. The number of nitrogens with zero attached hydrogens (tertiary/aromatic N) is 5. The van der Waals surface area contributed by atoms with E-state index in [1.54, 1.807) is 24.2 Å². The Kier molecular flexibility index (Phi) is 4.53. The van der Waals surface area contributed by atoms with Gasteiger partial charge in [0.2, 0.25) is 5.95 Å². The minimum absolute atomic E-state index is 0.418. The van der Waals surface area contributed by atoms with Crippen molar-refractivity contribution < 1.29 is 9.84 Å². The van der Waals surface area contributed by atoms with E-state index in [1.807, 2.05) is 29.8 Å². The van der Waals surface area contributed by atoms with Crippen molar-refractivity contribution in [3.63, 3.8) is 0 Å². The first-order valence-corrected chi connectivity index (χ1v) is 9.12. The minimum Gasteiger partial charge on any atom is -0.494 e. The van der Waals surface area contributed by atoms with Crippen LogP contribution in [0, 0.1) is 0 Å². The fourth-order valence-corrected chi connectivity index (χ4v) is 3.32. The van der Waals surface area contributed by atoms with Crippen LogP contribution in [0.25, 0.3) is 5.69 Å². The highest BCUT2D eigenvalue weighted by atomic mass is 35.5. The van der Waals surface area contributed by atoms with Crippen molar-refractivity contribution in [1.29, 1.82) is 0 Å². The molecule has 1 aromatic carbocycles. The summed E-state index contributed by atoms with van der Waals surface area (Å²) in [4.78, 5) is 8.60. The van der Waals surface area contributed by atoms with E-state index in [4.69, 9.17) is 16.3 Å². The number of rotatable bonds is 4. The largest absolute Gasteiger partial charge is 0.494 e. The normalized spacial score (nSPS) is 19.4. The molecule has 0 unspecified atom stereocenters. The second kappa shape index (κ2) is 6.86. The van der Waals surface area contributed by atoms with Crippen LogP contribution in [0.3, 0.4) is 0 Å². The van der Waals surface area contributed by atoms with E-state index in [-0.39, 0.29) is 0 Å². The van der Waals surface area contributed by atoms with E-state index in [2.05, 4.69) is 20.4 Å². The van der Waals surface area contributed by atoms with Crippen LogP contribution in [0.15, 0.2) is 30.7 Å². The fraction of sp³-hybridized carbons (Fsp3) is 0.389. The van der Waals surface area contributed by atoms with Gasteiger partial charge < -0.3 is 19.7 Å². The lowest BCUT2D eigenvalue weighted by Gasteiger charge is -2.19. The average molecular weight is 389 g/mol. The zero-order chi connectivity index (χ0) is 19.0. The number of benzene rings is 1. The number of fused-ring (bicyclic) bond motifs is 1. The molecule has 1 atom stereocenters. The lowest BCUT2D eigenvalue weighted by molar-refractivity contribution is 0.0421. The Morgan fingerprint density at radius 3 is 2.93 bits per heavy atom. The number of aromatic nitrogens is 5. The number of anilines is 2. The monoisotopic (exact) mass is 388 g/mol. The van der Waals surface area contributed by atoms with Crippen molar-refractivity contribution in [2.24, 2.45) is 0 Å². The quantitative estimate of drug-likeness (QED) is 0.714. The zero-order valence-corrected chi connectivity index (χ0v) is 15.9. The molecule has 0 fully saturated rings. The van der Waals surface area contributed by atoms with Gasteiger partial charge >= 0.3 is 0 Å². The lowest BCUT2D eigenvalue weighted by Crippen LogP contribution is -2.24. The molecule has 2 N–H and O–H groups in total. The number of aryl methyl sites for hydroxylation is 2. The summed E-state index contributed by atoms with van der Waals surface area (Å²) in [5, 5.41) is 18.4. The molecular formula is C18H21ClN6O2. The van der Waals surface area contributed by atoms with Crippen molar-refractivity contribution in [2.45, 2.75) is 38.3 Å². The number of halogens is 1. The summed E-state index contributed by atoms with van der Waals surface area (Å²) in [5.41, 5.74) is 0.989. The molecule has 0 saturated heterocycles. The van der Waals surface area contributed by atoms with E-state index < -0.39 is 5.60 Å². The first-order valence-electron chi connectivity index (χ1n) is 8.74. The van der Waals surface area contributed by atoms with Crippen LogP contribution in [0.2, 0.25) is 5.15 Å². The van der Waals surface area contributed by atoms with Gasteiger partial charge in [0.25, 0.3) is 0 Å². The molecule has 0 saturated carbocycles. The molecule has 3 aromatic rings. The van der Waals surface area contributed by atoms with Gasteiger partial charge in [0, 0.05) is 30.9 Å². The molecule has 0 radical (unpaired) electrons. The molecule has 9 heteroatoms. The maximum absolute atomic E-state index is 10.2. The highest BCUT2D eigenvalue weighted by Gasteiger charge is 2.26. The molecule has 4 rings (SSSR count). The summed E-state index contributed by atoms with van der Waals surface area (Å²) < 4.78 is 9.17.